The van der Waals surface area contributed by atoms with E-state index in [1.807, 2.05) is 97.9 Å². The Morgan fingerprint density at radius 1 is 0.769 bits per heavy atom. The molecule has 0 bridgehead atoms. The first-order valence-corrected chi connectivity index (χ1v) is 11.8. The van der Waals surface area contributed by atoms with E-state index in [0.717, 1.165) is 15.9 Å². The van der Waals surface area contributed by atoms with Crippen molar-refractivity contribution in [2.24, 2.45) is 0 Å². The predicted molar refractivity (Wildman–Crippen MR) is 112 cm³/mol. The molecule has 3 aromatic carbocycles. The van der Waals surface area contributed by atoms with Gasteiger partial charge in [-0.2, -0.15) is 0 Å². The van der Waals surface area contributed by atoms with Gasteiger partial charge in [0.05, 0.1) is 0 Å². The molecule has 1 atom stereocenters. The predicted octanol–water partition coefficient (Wildman–Crippen LogP) is 4.58. The summed E-state index contributed by atoms with van der Waals surface area (Å²) in [6.45, 7) is 3.33. The van der Waals surface area contributed by atoms with Crippen molar-refractivity contribution in [2.45, 2.75) is 19.7 Å². The summed E-state index contributed by atoms with van der Waals surface area (Å²) in [5.41, 5.74) is 0. The van der Waals surface area contributed by atoms with Gasteiger partial charge in [0.25, 0.3) is 0 Å². The maximum atomic E-state index is 11.9. The van der Waals surface area contributed by atoms with E-state index >= 15 is 0 Å². The normalized spacial score (nSPS) is 14.0. The molecule has 0 aliphatic carbocycles. The van der Waals surface area contributed by atoms with E-state index in [0.29, 0.717) is 0 Å². The van der Waals surface area contributed by atoms with Crippen LogP contribution in [0.4, 0.5) is 0 Å². The number of carbonyl (C=O) groups is 1. The summed E-state index contributed by atoms with van der Waals surface area (Å²) in [7, 11) is 0. The van der Waals surface area contributed by atoms with Crippen LogP contribution in [0.3, 0.4) is 0 Å². The molecule has 0 saturated heterocycles. The second-order valence-corrected chi connectivity index (χ2v) is 12.8. The number of rotatable bonds is 5. The van der Waals surface area contributed by atoms with Gasteiger partial charge in [-0.05, 0) is 0 Å². The van der Waals surface area contributed by atoms with Gasteiger partial charge in [-0.1, -0.05) is 0 Å². The fourth-order valence-corrected chi connectivity index (χ4v) is 9.47. The zero-order valence-electron chi connectivity index (χ0n) is 14.9. The van der Waals surface area contributed by atoms with Gasteiger partial charge in [-0.3, -0.25) is 0 Å². The van der Waals surface area contributed by atoms with Gasteiger partial charge in [0, 0.05) is 0 Å². The molecular weight excluding hydrogens is 363 g/mol. The number of ether oxygens (including phenoxy) is 1. The number of halogens is 1. The minimum absolute atomic E-state index is 0.338. The third-order valence-corrected chi connectivity index (χ3v) is 12.8. The first-order chi connectivity index (χ1) is 12.5. The third-order valence-electron chi connectivity index (χ3n) is 4.80. The van der Waals surface area contributed by atoms with Crippen LogP contribution in [0.25, 0.3) is 0 Å². The number of benzene rings is 3. The molecule has 0 saturated carbocycles. The van der Waals surface area contributed by atoms with E-state index in [1.165, 1.54) is 6.92 Å². The first kappa shape index (κ1) is 18.6. The molecule has 2 nitrogen and oxygen atoms in total. The van der Waals surface area contributed by atoms with E-state index in [4.69, 9.17) is 16.0 Å². The van der Waals surface area contributed by atoms with Crippen molar-refractivity contribution in [1.82, 2.24) is 0 Å². The number of carbonyl (C=O) groups excluding carboxylic acids is 1. The fraction of sp³-hybridized carbons (Fsp3) is 0.136. The van der Waals surface area contributed by atoms with E-state index in [2.05, 4.69) is 0 Å². The topological polar surface area (TPSA) is 26.3 Å². The van der Waals surface area contributed by atoms with Crippen LogP contribution < -0.4 is 15.9 Å². The Morgan fingerprint density at radius 3 is 1.35 bits per heavy atom. The summed E-state index contributed by atoms with van der Waals surface area (Å²) in [6, 6.07) is 30.0. The zero-order valence-corrected chi connectivity index (χ0v) is 16.5. The standard InChI is InChI=1S/C22H22ClO2P/c1-18(24)25-19(2)26(23,20-12-6-3-7-13-20,21-14-8-4-9-15-21)22-16-10-5-11-17-22/h3-17,19H,1-2H3. The quantitative estimate of drug-likeness (QED) is 0.475. The van der Waals surface area contributed by atoms with Crippen molar-refractivity contribution in [2.75, 3.05) is 0 Å². The molecule has 0 aromatic heterocycles. The molecule has 0 amide bonds. The van der Waals surface area contributed by atoms with Gasteiger partial charge in [-0.15, -0.1) is 0 Å². The first-order valence-electron chi connectivity index (χ1n) is 8.55. The van der Waals surface area contributed by atoms with E-state index in [1.54, 1.807) is 0 Å². The summed E-state index contributed by atoms with van der Waals surface area (Å²) < 4.78 is 5.77. The van der Waals surface area contributed by atoms with Gasteiger partial charge in [0.2, 0.25) is 0 Å². The molecule has 0 aliphatic heterocycles. The molecule has 3 rings (SSSR count). The Hall–Kier alpha value is -2.15. The van der Waals surface area contributed by atoms with Crippen LogP contribution in [-0.4, -0.2) is 11.8 Å². The molecule has 0 heterocycles. The van der Waals surface area contributed by atoms with Gasteiger partial charge in [-0.25, -0.2) is 0 Å². The molecule has 0 N–H and O–H groups in total. The Kier molecular flexibility index (Phi) is 5.18. The van der Waals surface area contributed by atoms with Crippen LogP contribution in [0.15, 0.2) is 91.0 Å². The summed E-state index contributed by atoms with van der Waals surface area (Å²) >= 11 is 7.82. The van der Waals surface area contributed by atoms with Crippen molar-refractivity contribution in [3.63, 3.8) is 0 Å². The average molecular weight is 385 g/mol. The Bertz CT molecular complexity index is 782. The van der Waals surface area contributed by atoms with Crippen LogP contribution in [0, 0.1) is 0 Å². The molecule has 0 aliphatic rings. The number of esters is 1. The summed E-state index contributed by atoms with van der Waals surface area (Å²) in [4.78, 5) is 11.9. The SMILES string of the molecule is CC(=O)OC(C)P(Cl)(c1ccccc1)(c1ccccc1)c1ccccc1. The minimum atomic E-state index is -3.58. The van der Waals surface area contributed by atoms with Crippen LogP contribution in [0.5, 0.6) is 0 Å². The van der Waals surface area contributed by atoms with Crippen LogP contribution in [0.1, 0.15) is 13.8 Å². The second-order valence-electron chi connectivity index (χ2n) is 6.29. The molecular formula is C22H22ClO2P. The van der Waals surface area contributed by atoms with Crippen LogP contribution in [-0.2, 0) is 9.53 Å². The Morgan fingerprint density at radius 2 is 1.08 bits per heavy atom. The third kappa shape index (κ3) is 2.84. The monoisotopic (exact) mass is 384 g/mol. The molecule has 1 unspecified atom stereocenters. The van der Waals surface area contributed by atoms with Gasteiger partial charge in [0.1, 0.15) is 0 Å². The number of hydrogen-bond acceptors (Lipinski definition) is 2. The van der Waals surface area contributed by atoms with E-state index in [-0.39, 0.29) is 5.97 Å². The fourth-order valence-electron chi connectivity index (χ4n) is 3.57. The van der Waals surface area contributed by atoms with Crippen molar-refractivity contribution in [3.05, 3.63) is 91.0 Å². The Balaban J connectivity index is 2.45. The molecule has 4 heteroatoms. The molecule has 0 spiro atoms. The van der Waals surface area contributed by atoms with Crippen molar-refractivity contribution in [1.29, 1.82) is 0 Å². The molecule has 134 valence electrons. The molecule has 0 radical (unpaired) electrons. The second kappa shape index (κ2) is 7.23. The van der Waals surface area contributed by atoms with Gasteiger partial charge in [0.15, 0.2) is 0 Å². The van der Waals surface area contributed by atoms with Crippen LogP contribution in [0.2, 0.25) is 0 Å². The van der Waals surface area contributed by atoms with Gasteiger partial charge < -0.3 is 0 Å². The summed E-state index contributed by atoms with van der Waals surface area (Å²) in [5, 5.41) is 2.93. The zero-order chi connectivity index (χ0) is 18.6. The molecule has 0 fully saturated rings. The van der Waals surface area contributed by atoms with Crippen LogP contribution >= 0.6 is 17.2 Å². The molecule has 3 aromatic rings. The Labute approximate surface area is 159 Å². The summed E-state index contributed by atoms with van der Waals surface area (Å²) in [6.07, 6.45) is 0. The molecule has 26 heavy (non-hydrogen) atoms. The van der Waals surface area contributed by atoms with E-state index in [9.17, 15) is 4.79 Å². The maximum absolute atomic E-state index is 11.9. The van der Waals surface area contributed by atoms with Gasteiger partial charge >= 0.3 is 159 Å². The van der Waals surface area contributed by atoms with Crippen molar-refractivity contribution >= 4 is 39.1 Å². The average Bonchev–Trinajstić information content (AvgIpc) is 2.69. The van der Waals surface area contributed by atoms with Crippen molar-refractivity contribution in [3.8, 4) is 0 Å². The van der Waals surface area contributed by atoms with E-state index < -0.39 is 11.8 Å². The summed E-state index contributed by atoms with van der Waals surface area (Å²) in [5.74, 6) is -4.44. The number of hydrogen-bond donors (Lipinski definition) is 0. The van der Waals surface area contributed by atoms with Crippen molar-refractivity contribution < 1.29 is 9.53 Å².